The summed E-state index contributed by atoms with van der Waals surface area (Å²) in [5, 5.41) is 5.25. The van der Waals surface area contributed by atoms with Crippen LogP contribution in [0.4, 0.5) is 0 Å². The zero-order valence-corrected chi connectivity index (χ0v) is 12.5. The van der Waals surface area contributed by atoms with Crippen LogP contribution in [0.5, 0.6) is 0 Å². The Morgan fingerprint density at radius 2 is 2.33 bits per heavy atom. The van der Waals surface area contributed by atoms with E-state index in [0.29, 0.717) is 0 Å². The summed E-state index contributed by atoms with van der Waals surface area (Å²) in [7, 11) is 0. The van der Waals surface area contributed by atoms with Crippen molar-refractivity contribution in [2.45, 2.75) is 24.1 Å². The molecule has 1 aromatic carbocycles. The van der Waals surface area contributed by atoms with Gasteiger partial charge < -0.3 is 5.32 Å². The molecule has 2 aromatic rings. The minimum atomic E-state index is 0.784. The number of hydrogen-bond donors (Lipinski definition) is 1. The Morgan fingerprint density at radius 1 is 1.44 bits per heavy atom. The second-order valence-electron chi connectivity index (χ2n) is 3.75. The molecule has 96 valence electrons. The molecule has 0 bridgehead atoms. The summed E-state index contributed by atoms with van der Waals surface area (Å²) >= 11 is 9.49. The Morgan fingerprint density at radius 3 is 3.11 bits per heavy atom. The zero-order valence-electron chi connectivity index (χ0n) is 10.1. The maximum absolute atomic E-state index is 5.95. The number of benzene rings is 1. The average Bonchev–Trinajstić information content (AvgIpc) is 2.82. The van der Waals surface area contributed by atoms with Crippen molar-refractivity contribution in [1.29, 1.82) is 0 Å². The Labute approximate surface area is 121 Å². The highest BCUT2D eigenvalue weighted by molar-refractivity contribution is 7.98. The lowest BCUT2D eigenvalue weighted by Gasteiger charge is -1.99. The summed E-state index contributed by atoms with van der Waals surface area (Å²) in [5.41, 5.74) is 0. The predicted octanol–water partition coefficient (Wildman–Crippen LogP) is 4.20. The van der Waals surface area contributed by atoms with E-state index in [1.807, 2.05) is 24.4 Å². The number of hydrogen-bond acceptors (Lipinski definition) is 4. The second-order valence-corrected chi connectivity index (χ2v) is 6.43. The quantitative estimate of drug-likeness (QED) is 0.809. The first-order valence-corrected chi connectivity index (χ1v) is 7.98. The van der Waals surface area contributed by atoms with E-state index in [0.717, 1.165) is 28.9 Å². The van der Waals surface area contributed by atoms with Crippen molar-refractivity contribution in [3.8, 4) is 0 Å². The van der Waals surface area contributed by atoms with E-state index in [-0.39, 0.29) is 0 Å². The van der Waals surface area contributed by atoms with Gasteiger partial charge in [-0.2, -0.15) is 0 Å². The van der Waals surface area contributed by atoms with Gasteiger partial charge in [-0.15, -0.1) is 23.1 Å². The van der Waals surface area contributed by atoms with E-state index in [1.165, 1.54) is 9.77 Å². The lowest BCUT2D eigenvalue weighted by Crippen LogP contribution is -2.10. The van der Waals surface area contributed by atoms with Gasteiger partial charge in [-0.05, 0) is 24.7 Å². The van der Waals surface area contributed by atoms with Gasteiger partial charge in [-0.3, -0.25) is 0 Å². The molecule has 1 N–H and O–H groups in total. The molecule has 5 heteroatoms. The van der Waals surface area contributed by atoms with Crippen molar-refractivity contribution >= 4 is 34.7 Å². The largest absolute Gasteiger partial charge is 0.312 e. The number of nitrogens with one attached hydrogen (secondary N) is 1. The standard InChI is InChI=1S/C13H15ClN2S2/c1-2-15-7-12-8-16-13(18-12)9-17-11-5-3-4-10(14)6-11/h3-6,8,15H,2,7,9H2,1H3. The number of aromatic nitrogens is 1. The minimum absolute atomic E-state index is 0.784. The number of rotatable bonds is 6. The molecule has 2 rings (SSSR count). The molecule has 0 aliphatic carbocycles. The Balaban J connectivity index is 1.88. The summed E-state index contributed by atoms with van der Waals surface area (Å²) < 4.78 is 0. The molecular formula is C13H15ClN2S2. The van der Waals surface area contributed by atoms with Gasteiger partial charge in [-0.1, -0.05) is 24.6 Å². The van der Waals surface area contributed by atoms with Crippen LogP contribution in [0.1, 0.15) is 16.8 Å². The molecule has 0 atom stereocenters. The molecule has 2 nitrogen and oxygen atoms in total. The Bertz CT molecular complexity index is 499. The number of nitrogens with zero attached hydrogens (tertiary/aromatic N) is 1. The third kappa shape index (κ3) is 4.28. The first kappa shape index (κ1) is 13.9. The van der Waals surface area contributed by atoms with Gasteiger partial charge in [0.15, 0.2) is 0 Å². The van der Waals surface area contributed by atoms with E-state index >= 15 is 0 Å². The number of thiazole rings is 1. The molecular weight excluding hydrogens is 284 g/mol. The highest BCUT2D eigenvalue weighted by atomic mass is 35.5. The summed E-state index contributed by atoms with van der Waals surface area (Å²) in [5.74, 6) is 0.900. The molecule has 0 fully saturated rings. The van der Waals surface area contributed by atoms with E-state index in [4.69, 9.17) is 11.6 Å². The van der Waals surface area contributed by atoms with Crippen LogP contribution in [0, 0.1) is 0 Å². The molecule has 0 amide bonds. The molecule has 0 unspecified atom stereocenters. The third-order valence-corrected chi connectivity index (χ3v) is 4.73. The molecule has 0 aliphatic rings. The molecule has 0 saturated heterocycles. The van der Waals surface area contributed by atoms with Crippen molar-refractivity contribution in [2.24, 2.45) is 0 Å². The summed E-state index contributed by atoms with van der Waals surface area (Å²) in [6.45, 7) is 4.01. The smallest absolute Gasteiger partial charge is 0.103 e. The lowest BCUT2D eigenvalue weighted by molar-refractivity contribution is 0.734. The van der Waals surface area contributed by atoms with Gasteiger partial charge in [0.2, 0.25) is 0 Å². The highest BCUT2D eigenvalue weighted by Gasteiger charge is 2.03. The SMILES string of the molecule is CCNCc1cnc(CSc2cccc(Cl)c2)s1. The molecule has 0 radical (unpaired) electrons. The summed E-state index contributed by atoms with van der Waals surface area (Å²) in [4.78, 5) is 6.91. The van der Waals surface area contributed by atoms with Crippen molar-refractivity contribution in [2.75, 3.05) is 6.54 Å². The van der Waals surface area contributed by atoms with Crippen molar-refractivity contribution < 1.29 is 0 Å². The molecule has 1 aromatic heterocycles. The van der Waals surface area contributed by atoms with Crippen LogP contribution in [-0.2, 0) is 12.3 Å². The fourth-order valence-electron chi connectivity index (χ4n) is 1.45. The molecule has 1 heterocycles. The van der Waals surface area contributed by atoms with E-state index in [2.05, 4.69) is 23.3 Å². The normalized spacial score (nSPS) is 10.8. The topological polar surface area (TPSA) is 24.9 Å². The van der Waals surface area contributed by atoms with Gasteiger partial charge >= 0.3 is 0 Å². The van der Waals surface area contributed by atoms with Crippen LogP contribution in [0.25, 0.3) is 0 Å². The number of thioether (sulfide) groups is 1. The predicted molar refractivity (Wildman–Crippen MR) is 80.5 cm³/mol. The van der Waals surface area contributed by atoms with Gasteiger partial charge in [-0.25, -0.2) is 4.98 Å². The summed E-state index contributed by atoms with van der Waals surface area (Å²) in [6.07, 6.45) is 1.96. The highest BCUT2D eigenvalue weighted by Crippen LogP contribution is 2.26. The first-order valence-electron chi connectivity index (χ1n) is 5.80. The fourth-order valence-corrected chi connectivity index (χ4v) is 3.55. The van der Waals surface area contributed by atoms with E-state index < -0.39 is 0 Å². The molecule has 0 aliphatic heterocycles. The zero-order chi connectivity index (χ0) is 12.8. The Kier molecular flexibility index (Phi) is 5.50. The van der Waals surface area contributed by atoms with Crippen LogP contribution in [-0.4, -0.2) is 11.5 Å². The first-order chi connectivity index (χ1) is 8.78. The molecule has 0 spiro atoms. The maximum Gasteiger partial charge on any atom is 0.103 e. The lowest BCUT2D eigenvalue weighted by atomic mass is 10.4. The van der Waals surface area contributed by atoms with Crippen LogP contribution in [0.3, 0.4) is 0 Å². The minimum Gasteiger partial charge on any atom is -0.312 e. The second kappa shape index (κ2) is 7.14. The van der Waals surface area contributed by atoms with Crippen LogP contribution >= 0.6 is 34.7 Å². The third-order valence-electron chi connectivity index (χ3n) is 2.31. The fraction of sp³-hybridized carbons (Fsp3) is 0.308. The number of halogens is 1. The molecule has 0 saturated carbocycles. The summed E-state index contributed by atoms with van der Waals surface area (Å²) in [6, 6.07) is 7.93. The monoisotopic (exact) mass is 298 g/mol. The van der Waals surface area contributed by atoms with Gasteiger partial charge in [0.05, 0.1) is 5.75 Å². The van der Waals surface area contributed by atoms with Crippen molar-refractivity contribution in [3.05, 3.63) is 45.4 Å². The molecule has 18 heavy (non-hydrogen) atoms. The Hall–Kier alpha value is -0.550. The maximum atomic E-state index is 5.95. The van der Waals surface area contributed by atoms with Gasteiger partial charge in [0.1, 0.15) is 5.01 Å². The van der Waals surface area contributed by atoms with E-state index in [1.54, 1.807) is 23.1 Å². The van der Waals surface area contributed by atoms with Crippen molar-refractivity contribution in [3.63, 3.8) is 0 Å². The van der Waals surface area contributed by atoms with Gasteiger partial charge in [0.25, 0.3) is 0 Å². The van der Waals surface area contributed by atoms with Crippen LogP contribution < -0.4 is 5.32 Å². The average molecular weight is 299 g/mol. The van der Waals surface area contributed by atoms with Crippen LogP contribution in [0.15, 0.2) is 35.4 Å². The van der Waals surface area contributed by atoms with Gasteiger partial charge in [0, 0.05) is 27.5 Å². The van der Waals surface area contributed by atoms with Crippen LogP contribution in [0.2, 0.25) is 5.02 Å². The van der Waals surface area contributed by atoms with Crippen molar-refractivity contribution in [1.82, 2.24) is 10.3 Å². The van der Waals surface area contributed by atoms with E-state index in [9.17, 15) is 0 Å².